The second-order valence-electron chi connectivity index (χ2n) is 5.07. The van der Waals surface area contributed by atoms with Gasteiger partial charge in [0.1, 0.15) is 0 Å². The van der Waals surface area contributed by atoms with Crippen molar-refractivity contribution in [2.45, 2.75) is 31.9 Å². The fourth-order valence-electron chi connectivity index (χ4n) is 2.42. The molecule has 0 aliphatic heterocycles. The van der Waals surface area contributed by atoms with Crippen LogP contribution >= 0.6 is 0 Å². The summed E-state index contributed by atoms with van der Waals surface area (Å²) in [4.78, 5) is 22.8. The Balaban J connectivity index is 2.27. The second kappa shape index (κ2) is 5.75. The molecule has 114 valence electrons. The number of halogens is 3. The maximum absolute atomic E-state index is 12.7. The standard InChI is InChI=1S/C14H14F3NO3/c15-14(16,17)10-5-9(13(20)21)6-11(7-10)18-12(19)8-3-1-2-4-8/h5-8H,1-4H2,(H,18,19)(H,20,21). The zero-order valence-corrected chi connectivity index (χ0v) is 11.0. The largest absolute Gasteiger partial charge is 0.478 e. The minimum atomic E-state index is -4.67. The fraction of sp³-hybridized carbons (Fsp3) is 0.429. The van der Waals surface area contributed by atoms with Crippen molar-refractivity contribution in [1.82, 2.24) is 0 Å². The molecular weight excluding hydrogens is 287 g/mol. The van der Waals surface area contributed by atoms with E-state index in [-0.39, 0.29) is 17.5 Å². The number of hydrogen-bond acceptors (Lipinski definition) is 2. The minimum Gasteiger partial charge on any atom is -0.478 e. The molecule has 4 nitrogen and oxygen atoms in total. The van der Waals surface area contributed by atoms with E-state index in [4.69, 9.17) is 5.11 Å². The van der Waals surface area contributed by atoms with E-state index < -0.39 is 23.3 Å². The number of nitrogens with one attached hydrogen (secondary N) is 1. The van der Waals surface area contributed by atoms with Gasteiger partial charge < -0.3 is 10.4 Å². The first-order chi connectivity index (χ1) is 9.77. The van der Waals surface area contributed by atoms with E-state index in [1.807, 2.05) is 0 Å². The zero-order valence-electron chi connectivity index (χ0n) is 11.0. The molecule has 1 fully saturated rings. The van der Waals surface area contributed by atoms with E-state index in [1.54, 1.807) is 0 Å². The summed E-state index contributed by atoms with van der Waals surface area (Å²) in [6, 6.07) is 2.33. The highest BCUT2D eigenvalue weighted by atomic mass is 19.4. The molecule has 1 aromatic carbocycles. The summed E-state index contributed by atoms with van der Waals surface area (Å²) in [6.07, 6.45) is -1.42. The van der Waals surface area contributed by atoms with Gasteiger partial charge in [-0.2, -0.15) is 13.2 Å². The number of hydrogen-bond donors (Lipinski definition) is 2. The monoisotopic (exact) mass is 301 g/mol. The van der Waals surface area contributed by atoms with Crippen LogP contribution in [0.15, 0.2) is 18.2 Å². The van der Waals surface area contributed by atoms with Crippen molar-refractivity contribution in [3.05, 3.63) is 29.3 Å². The van der Waals surface area contributed by atoms with Gasteiger partial charge in [-0.15, -0.1) is 0 Å². The van der Waals surface area contributed by atoms with Crippen molar-refractivity contribution in [1.29, 1.82) is 0 Å². The van der Waals surface area contributed by atoms with Crippen molar-refractivity contribution < 1.29 is 27.9 Å². The minimum absolute atomic E-state index is 0.140. The third-order valence-electron chi connectivity index (χ3n) is 3.50. The Hall–Kier alpha value is -2.05. The molecule has 0 radical (unpaired) electrons. The van der Waals surface area contributed by atoms with Crippen LogP contribution in [0.2, 0.25) is 0 Å². The predicted molar refractivity (Wildman–Crippen MR) is 69.0 cm³/mol. The van der Waals surface area contributed by atoms with Gasteiger partial charge in [0.05, 0.1) is 11.1 Å². The maximum atomic E-state index is 12.7. The summed E-state index contributed by atoms with van der Waals surface area (Å²) in [5, 5.41) is 11.3. The van der Waals surface area contributed by atoms with Gasteiger partial charge in [-0.05, 0) is 31.0 Å². The Labute approximate surface area is 119 Å². The lowest BCUT2D eigenvalue weighted by Gasteiger charge is -2.14. The molecule has 0 spiro atoms. The first kappa shape index (κ1) is 15.3. The molecule has 7 heteroatoms. The number of anilines is 1. The molecule has 2 N–H and O–H groups in total. The first-order valence-corrected chi connectivity index (χ1v) is 6.54. The second-order valence-corrected chi connectivity index (χ2v) is 5.07. The van der Waals surface area contributed by atoms with E-state index in [0.717, 1.165) is 25.0 Å². The molecule has 1 aliphatic carbocycles. The van der Waals surface area contributed by atoms with Crippen LogP contribution in [0.25, 0.3) is 0 Å². The fourth-order valence-corrected chi connectivity index (χ4v) is 2.42. The van der Waals surface area contributed by atoms with Crippen molar-refractivity contribution in [2.24, 2.45) is 5.92 Å². The topological polar surface area (TPSA) is 66.4 Å². The highest BCUT2D eigenvalue weighted by Gasteiger charge is 2.32. The van der Waals surface area contributed by atoms with Crippen LogP contribution in [0.3, 0.4) is 0 Å². The molecule has 0 bridgehead atoms. The number of aromatic carboxylic acids is 1. The van der Waals surface area contributed by atoms with Crippen molar-refractivity contribution in [2.75, 3.05) is 5.32 Å². The average molecular weight is 301 g/mol. The number of rotatable bonds is 3. The molecule has 1 aromatic rings. The number of carboxylic acid groups (broad SMARTS) is 1. The van der Waals surface area contributed by atoms with Gasteiger partial charge >= 0.3 is 12.1 Å². The highest BCUT2D eigenvalue weighted by molar-refractivity contribution is 5.95. The summed E-state index contributed by atoms with van der Waals surface area (Å²) in [5.41, 5.74) is -1.74. The van der Waals surface area contributed by atoms with Gasteiger partial charge in [0, 0.05) is 11.6 Å². The Kier molecular flexibility index (Phi) is 4.20. The van der Waals surface area contributed by atoms with Crippen LogP contribution in [0.1, 0.15) is 41.6 Å². The van der Waals surface area contributed by atoms with Gasteiger partial charge in [-0.3, -0.25) is 4.79 Å². The van der Waals surface area contributed by atoms with Crippen LogP contribution in [-0.4, -0.2) is 17.0 Å². The highest BCUT2D eigenvalue weighted by Crippen LogP contribution is 2.33. The van der Waals surface area contributed by atoms with E-state index in [1.165, 1.54) is 0 Å². The number of carbonyl (C=O) groups excluding carboxylic acids is 1. The molecule has 0 unspecified atom stereocenters. The number of amides is 1. The number of carboxylic acids is 1. The Morgan fingerprint density at radius 2 is 1.76 bits per heavy atom. The normalized spacial score (nSPS) is 16.0. The van der Waals surface area contributed by atoms with Gasteiger partial charge in [0.25, 0.3) is 0 Å². The van der Waals surface area contributed by atoms with Gasteiger partial charge in [0.2, 0.25) is 5.91 Å². The predicted octanol–water partition coefficient (Wildman–Crippen LogP) is 3.53. The summed E-state index contributed by atoms with van der Waals surface area (Å²) in [6.45, 7) is 0. The first-order valence-electron chi connectivity index (χ1n) is 6.54. The molecule has 2 rings (SSSR count). The van der Waals surface area contributed by atoms with E-state index >= 15 is 0 Å². The smallest absolute Gasteiger partial charge is 0.416 e. The van der Waals surface area contributed by atoms with Crippen LogP contribution in [0.4, 0.5) is 18.9 Å². The average Bonchev–Trinajstić information content (AvgIpc) is 2.91. The van der Waals surface area contributed by atoms with Crippen molar-refractivity contribution in [3.8, 4) is 0 Å². The van der Waals surface area contributed by atoms with Crippen LogP contribution in [0, 0.1) is 5.92 Å². The van der Waals surface area contributed by atoms with Crippen molar-refractivity contribution >= 4 is 17.6 Å². The molecule has 0 atom stereocenters. The Morgan fingerprint density at radius 1 is 1.14 bits per heavy atom. The van der Waals surface area contributed by atoms with E-state index in [9.17, 15) is 22.8 Å². The van der Waals surface area contributed by atoms with E-state index in [0.29, 0.717) is 18.9 Å². The summed E-state index contributed by atoms with van der Waals surface area (Å²) in [7, 11) is 0. The number of alkyl halides is 3. The lowest BCUT2D eigenvalue weighted by molar-refractivity contribution is -0.137. The Morgan fingerprint density at radius 3 is 2.29 bits per heavy atom. The lowest BCUT2D eigenvalue weighted by Crippen LogP contribution is -2.21. The molecule has 0 aromatic heterocycles. The third kappa shape index (κ3) is 3.74. The molecule has 1 saturated carbocycles. The Bertz CT molecular complexity index is 563. The zero-order chi connectivity index (χ0) is 15.6. The number of benzene rings is 1. The van der Waals surface area contributed by atoms with Gasteiger partial charge in [-0.1, -0.05) is 12.8 Å². The molecular formula is C14H14F3NO3. The number of carbonyl (C=O) groups is 2. The molecule has 0 saturated heterocycles. The van der Waals surface area contributed by atoms with Crippen LogP contribution in [0.5, 0.6) is 0 Å². The quantitative estimate of drug-likeness (QED) is 0.897. The van der Waals surface area contributed by atoms with Gasteiger partial charge in [0.15, 0.2) is 0 Å². The molecule has 21 heavy (non-hydrogen) atoms. The van der Waals surface area contributed by atoms with Gasteiger partial charge in [-0.25, -0.2) is 4.79 Å². The summed E-state index contributed by atoms with van der Waals surface area (Å²) >= 11 is 0. The van der Waals surface area contributed by atoms with Crippen LogP contribution < -0.4 is 5.32 Å². The van der Waals surface area contributed by atoms with Crippen molar-refractivity contribution in [3.63, 3.8) is 0 Å². The van der Waals surface area contributed by atoms with E-state index in [2.05, 4.69) is 5.32 Å². The maximum Gasteiger partial charge on any atom is 0.416 e. The molecule has 0 heterocycles. The lowest BCUT2D eigenvalue weighted by atomic mass is 10.1. The SMILES string of the molecule is O=C(O)c1cc(NC(=O)C2CCCC2)cc(C(F)(F)F)c1. The summed E-state index contributed by atoms with van der Waals surface area (Å²) < 4.78 is 38.2. The molecule has 1 amide bonds. The third-order valence-corrected chi connectivity index (χ3v) is 3.50. The summed E-state index contributed by atoms with van der Waals surface area (Å²) in [5.74, 6) is -2.05. The molecule has 1 aliphatic rings. The van der Waals surface area contributed by atoms with Crippen LogP contribution in [-0.2, 0) is 11.0 Å².